The Morgan fingerprint density at radius 1 is 1.35 bits per heavy atom. The molecule has 9 heteroatoms. The van der Waals surface area contributed by atoms with Gasteiger partial charge in [0.15, 0.2) is 0 Å². The molecule has 0 radical (unpaired) electrons. The fourth-order valence-corrected chi connectivity index (χ4v) is 0.715. The van der Waals surface area contributed by atoms with Crippen LogP contribution in [0, 0.1) is 11.3 Å². The van der Waals surface area contributed by atoms with Crippen LogP contribution in [0.5, 0.6) is 0 Å². The average molecular weight is 298 g/mol. The fourth-order valence-electron chi connectivity index (χ4n) is 0.715. The highest BCUT2D eigenvalue weighted by Crippen LogP contribution is 2.13. The molecule has 20 heavy (non-hydrogen) atoms. The largest absolute Gasteiger partial charge is 0.490 e. The van der Waals surface area contributed by atoms with Gasteiger partial charge in [0.05, 0.1) is 6.07 Å². The first-order chi connectivity index (χ1) is 8.81. The number of halogens is 3. The summed E-state index contributed by atoms with van der Waals surface area (Å²) in [5, 5.41) is 15.4. The van der Waals surface area contributed by atoms with Crippen LogP contribution in [0.4, 0.5) is 13.2 Å². The number of ether oxygens (including phenoxy) is 1. The zero-order valence-corrected chi connectivity index (χ0v) is 11.3. The van der Waals surface area contributed by atoms with E-state index < -0.39 is 29.8 Å². The number of esters is 1. The number of carbonyl (C=O) groups excluding carboxylic acids is 1. The van der Waals surface area contributed by atoms with Crippen LogP contribution in [-0.2, 0) is 14.3 Å². The lowest BCUT2D eigenvalue weighted by Gasteiger charge is -2.21. The highest BCUT2D eigenvalue weighted by Gasteiger charge is 2.38. The molecule has 6 nitrogen and oxygen atoms in total. The average Bonchev–Trinajstić information content (AvgIpc) is 2.22. The molecule has 0 saturated heterocycles. The van der Waals surface area contributed by atoms with Gasteiger partial charge in [0, 0.05) is 6.42 Å². The molecule has 0 spiro atoms. The highest BCUT2D eigenvalue weighted by atomic mass is 19.4. The first kappa shape index (κ1) is 20.5. The molecule has 0 aliphatic rings. The third-order valence-electron chi connectivity index (χ3n) is 1.52. The summed E-state index contributed by atoms with van der Waals surface area (Å²) < 4.78 is 36.8. The summed E-state index contributed by atoms with van der Waals surface area (Å²) in [6.07, 6.45) is -4.45. The first-order valence-electron chi connectivity index (χ1n) is 5.46. The molecular weight excluding hydrogens is 281 g/mol. The van der Waals surface area contributed by atoms with E-state index in [-0.39, 0.29) is 6.42 Å². The van der Waals surface area contributed by atoms with Crippen LogP contribution in [0.2, 0.25) is 0 Å². The van der Waals surface area contributed by atoms with Crippen LogP contribution < -0.4 is 5.73 Å². The van der Waals surface area contributed by atoms with Crippen molar-refractivity contribution in [2.75, 3.05) is 0 Å². The number of hydrogen-bond acceptors (Lipinski definition) is 5. The standard InChI is InChI=1S/C9H16N2O2.C2HF3O2/c1-9(2,3)13-8(12)7(11)5-4-6-10;3-2(4,5)1(6)7/h7H,4-5,11H2,1-3H3;(H,6,7). The van der Waals surface area contributed by atoms with Gasteiger partial charge < -0.3 is 15.6 Å². The van der Waals surface area contributed by atoms with Gasteiger partial charge in [-0.15, -0.1) is 0 Å². The molecule has 0 fully saturated rings. The van der Waals surface area contributed by atoms with Gasteiger partial charge in [0.2, 0.25) is 0 Å². The first-order valence-corrected chi connectivity index (χ1v) is 5.46. The summed E-state index contributed by atoms with van der Waals surface area (Å²) in [7, 11) is 0. The highest BCUT2D eigenvalue weighted by molar-refractivity contribution is 5.75. The molecule has 0 aromatic rings. The lowest BCUT2D eigenvalue weighted by Crippen LogP contribution is -2.37. The molecule has 0 aromatic heterocycles. The molecule has 0 bridgehead atoms. The van der Waals surface area contributed by atoms with E-state index in [0.717, 1.165) is 0 Å². The van der Waals surface area contributed by atoms with Crippen molar-refractivity contribution < 1.29 is 32.6 Å². The summed E-state index contributed by atoms with van der Waals surface area (Å²) in [6, 6.07) is 1.25. The quantitative estimate of drug-likeness (QED) is 0.765. The van der Waals surface area contributed by atoms with Gasteiger partial charge >= 0.3 is 18.1 Å². The minimum Gasteiger partial charge on any atom is -0.475 e. The molecule has 0 heterocycles. The predicted octanol–water partition coefficient (Wildman–Crippen LogP) is 1.59. The molecule has 0 aromatic carbocycles. The lowest BCUT2D eigenvalue weighted by molar-refractivity contribution is -0.192. The molecule has 0 aliphatic heterocycles. The second-order valence-corrected chi connectivity index (χ2v) is 4.64. The number of carbonyl (C=O) groups is 2. The number of hydrogen-bond donors (Lipinski definition) is 2. The van der Waals surface area contributed by atoms with Crippen molar-refractivity contribution in [3.8, 4) is 6.07 Å². The molecule has 0 rings (SSSR count). The van der Waals surface area contributed by atoms with Crippen molar-refractivity contribution in [2.45, 2.75) is 51.4 Å². The smallest absolute Gasteiger partial charge is 0.475 e. The molecule has 1 unspecified atom stereocenters. The summed E-state index contributed by atoms with van der Waals surface area (Å²) in [5.41, 5.74) is 4.97. The maximum absolute atomic E-state index is 11.2. The number of nitrogens with zero attached hydrogens (tertiary/aromatic N) is 1. The topological polar surface area (TPSA) is 113 Å². The SMILES string of the molecule is CC(C)(C)OC(=O)C(N)CCC#N.O=C(O)C(F)(F)F. The van der Waals surface area contributed by atoms with Crippen molar-refractivity contribution >= 4 is 11.9 Å². The Bertz CT molecular complexity index is 369. The summed E-state index contributed by atoms with van der Waals surface area (Å²) in [5.74, 6) is -3.20. The van der Waals surface area contributed by atoms with Gasteiger partial charge in [-0.1, -0.05) is 0 Å². The maximum atomic E-state index is 11.2. The number of rotatable bonds is 3. The number of carboxylic acids is 1. The van der Waals surface area contributed by atoms with E-state index in [2.05, 4.69) is 0 Å². The Balaban J connectivity index is 0. The zero-order chi connectivity index (χ0) is 16.6. The van der Waals surface area contributed by atoms with Gasteiger partial charge in [-0.05, 0) is 27.2 Å². The van der Waals surface area contributed by atoms with E-state index in [1.807, 2.05) is 6.07 Å². The second kappa shape index (κ2) is 8.37. The Labute approximate surface area is 114 Å². The van der Waals surface area contributed by atoms with Crippen LogP contribution in [0.1, 0.15) is 33.6 Å². The van der Waals surface area contributed by atoms with Crippen molar-refractivity contribution in [1.82, 2.24) is 0 Å². The van der Waals surface area contributed by atoms with Gasteiger partial charge in [0.1, 0.15) is 11.6 Å². The van der Waals surface area contributed by atoms with Crippen LogP contribution in [0.15, 0.2) is 0 Å². The minimum absolute atomic E-state index is 0.278. The van der Waals surface area contributed by atoms with Crippen molar-refractivity contribution in [3.63, 3.8) is 0 Å². The van der Waals surface area contributed by atoms with Crippen molar-refractivity contribution in [1.29, 1.82) is 5.26 Å². The van der Waals surface area contributed by atoms with Gasteiger partial charge in [-0.2, -0.15) is 18.4 Å². The van der Waals surface area contributed by atoms with E-state index >= 15 is 0 Å². The Morgan fingerprint density at radius 2 is 1.75 bits per heavy atom. The van der Waals surface area contributed by atoms with Crippen LogP contribution in [-0.4, -0.2) is 34.9 Å². The van der Waals surface area contributed by atoms with E-state index in [0.29, 0.717) is 6.42 Å². The Kier molecular flexibility index (Phi) is 8.58. The van der Waals surface area contributed by atoms with E-state index in [1.54, 1.807) is 20.8 Å². The van der Waals surface area contributed by atoms with Crippen molar-refractivity contribution in [2.24, 2.45) is 5.73 Å². The summed E-state index contributed by atoms with van der Waals surface area (Å²) >= 11 is 0. The van der Waals surface area contributed by atoms with E-state index in [4.69, 9.17) is 25.6 Å². The molecule has 0 saturated carbocycles. The molecule has 0 aliphatic carbocycles. The van der Waals surface area contributed by atoms with Crippen LogP contribution in [0.25, 0.3) is 0 Å². The van der Waals surface area contributed by atoms with Gasteiger partial charge in [-0.25, -0.2) is 4.79 Å². The third kappa shape index (κ3) is 12.6. The fraction of sp³-hybridized carbons (Fsp3) is 0.727. The Morgan fingerprint density at radius 3 is 2.00 bits per heavy atom. The number of aliphatic carboxylic acids is 1. The second-order valence-electron chi connectivity index (χ2n) is 4.64. The number of alkyl halides is 3. The lowest BCUT2D eigenvalue weighted by atomic mass is 10.1. The summed E-state index contributed by atoms with van der Waals surface area (Å²) in [6.45, 7) is 5.34. The van der Waals surface area contributed by atoms with E-state index in [1.165, 1.54) is 0 Å². The van der Waals surface area contributed by atoms with Crippen molar-refractivity contribution in [3.05, 3.63) is 0 Å². The van der Waals surface area contributed by atoms with Gasteiger partial charge in [0.25, 0.3) is 0 Å². The molecule has 3 N–H and O–H groups in total. The van der Waals surface area contributed by atoms with Crippen LogP contribution in [0.3, 0.4) is 0 Å². The van der Waals surface area contributed by atoms with Crippen LogP contribution >= 0.6 is 0 Å². The van der Waals surface area contributed by atoms with Gasteiger partial charge in [-0.3, -0.25) is 4.79 Å². The minimum atomic E-state index is -5.08. The predicted molar refractivity (Wildman–Crippen MR) is 62.4 cm³/mol. The molecule has 0 amide bonds. The maximum Gasteiger partial charge on any atom is 0.490 e. The monoisotopic (exact) mass is 298 g/mol. The number of nitrogens with two attached hydrogens (primary N) is 1. The number of nitriles is 1. The normalized spacial score (nSPS) is 12.5. The Hall–Kier alpha value is -1.82. The molecular formula is C11H17F3N2O4. The number of carboxylic acid groups (broad SMARTS) is 1. The van der Waals surface area contributed by atoms with E-state index in [9.17, 15) is 18.0 Å². The molecule has 1 atom stereocenters. The zero-order valence-electron chi connectivity index (χ0n) is 11.3. The molecule has 116 valence electrons. The summed E-state index contributed by atoms with van der Waals surface area (Å²) in [4.78, 5) is 20.1. The third-order valence-corrected chi connectivity index (χ3v) is 1.52.